The molecule has 0 radical (unpaired) electrons. The molecule has 2 aliphatic rings. The minimum absolute atomic E-state index is 0.0362. The van der Waals surface area contributed by atoms with Gasteiger partial charge in [0.05, 0.1) is 17.5 Å². The highest BCUT2D eigenvalue weighted by atomic mass is 16.2. The van der Waals surface area contributed by atoms with Gasteiger partial charge in [-0.25, -0.2) is 4.98 Å². The summed E-state index contributed by atoms with van der Waals surface area (Å²) in [7, 11) is 0. The lowest BCUT2D eigenvalue weighted by Gasteiger charge is -2.54. The minimum atomic E-state index is -0.533. The van der Waals surface area contributed by atoms with Crippen molar-refractivity contribution in [1.29, 1.82) is 0 Å². The number of nitrogens with zero attached hydrogens (tertiary/aromatic N) is 3. The molecule has 6 heteroatoms. The summed E-state index contributed by atoms with van der Waals surface area (Å²) < 4.78 is 1.96. The molecule has 2 atom stereocenters. The molecule has 6 nitrogen and oxygen atoms in total. The normalized spacial score (nSPS) is 27.2. The largest absolute Gasteiger partial charge is 0.369 e. The number of pyridine rings is 1. The van der Waals surface area contributed by atoms with Gasteiger partial charge < -0.3 is 15.0 Å². The Labute approximate surface area is 147 Å². The van der Waals surface area contributed by atoms with Gasteiger partial charge in [-0.05, 0) is 36.3 Å². The van der Waals surface area contributed by atoms with Crippen LogP contribution in [-0.2, 0) is 16.0 Å². The topological polar surface area (TPSA) is 80.7 Å². The number of primary amides is 1. The zero-order chi connectivity index (χ0) is 18.0. The van der Waals surface area contributed by atoms with Crippen molar-refractivity contribution in [2.75, 3.05) is 13.1 Å². The first-order valence-corrected chi connectivity index (χ1v) is 8.74. The Morgan fingerprint density at radius 2 is 2.16 bits per heavy atom. The number of carbonyl (C=O) groups is 2. The van der Waals surface area contributed by atoms with Gasteiger partial charge in [0.2, 0.25) is 11.8 Å². The molecule has 1 saturated heterocycles. The zero-order valence-corrected chi connectivity index (χ0v) is 15.0. The van der Waals surface area contributed by atoms with Gasteiger partial charge in [0, 0.05) is 25.5 Å². The zero-order valence-electron chi connectivity index (χ0n) is 15.0. The molecule has 2 fully saturated rings. The molecule has 3 heterocycles. The van der Waals surface area contributed by atoms with Gasteiger partial charge >= 0.3 is 0 Å². The highest BCUT2D eigenvalue weighted by molar-refractivity contribution is 5.86. The molecule has 1 saturated carbocycles. The van der Waals surface area contributed by atoms with Gasteiger partial charge in [-0.2, -0.15) is 0 Å². The molecular weight excluding hydrogens is 316 g/mol. The molecule has 132 valence electrons. The summed E-state index contributed by atoms with van der Waals surface area (Å²) in [6, 6.07) is 3.96. The molecule has 2 amide bonds. The standard InChI is InChI=1S/C19H24N4O2/c1-12-5-4-6-23-13(8-21-16(12)23)7-15(24)22-9-14-18(2,3)10-19(14,11-22)17(20)25/h4-6,8,14H,7,9-11H2,1-3H3,(H2,20,25)/t14-,19+/m1/s1. The van der Waals surface area contributed by atoms with Crippen LogP contribution in [0.15, 0.2) is 24.5 Å². The van der Waals surface area contributed by atoms with Crippen LogP contribution in [0.3, 0.4) is 0 Å². The van der Waals surface area contributed by atoms with Crippen molar-refractivity contribution in [3.8, 4) is 0 Å². The highest BCUT2D eigenvalue weighted by Gasteiger charge is 2.66. The number of amides is 2. The van der Waals surface area contributed by atoms with Crippen molar-refractivity contribution < 1.29 is 9.59 Å². The number of hydrogen-bond donors (Lipinski definition) is 1. The number of fused-ring (bicyclic) bond motifs is 2. The average molecular weight is 340 g/mol. The summed E-state index contributed by atoms with van der Waals surface area (Å²) in [5.41, 5.74) is 8.05. The lowest BCUT2D eigenvalue weighted by molar-refractivity contribution is -0.148. The molecule has 0 unspecified atom stereocenters. The van der Waals surface area contributed by atoms with E-state index in [1.54, 1.807) is 6.20 Å². The maximum Gasteiger partial charge on any atom is 0.228 e. The average Bonchev–Trinajstić information content (AvgIpc) is 3.09. The summed E-state index contributed by atoms with van der Waals surface area (Å²) in [5, 5.41) is 0. The van der Waals surface area contributed by atoms with Gasteiger partial charge in [0.1, 0.15) is 5.65 Å². The second-order valence-electron chi connectivity index (χ2n) is 8.32. The number of hydrogen-bond acceptors (Lipinski definition) is 3. The van der Waals surface area contributed by atoms with Gasteiger partial charge in [-0.15, -0.1) is 0 Å². The van der Waals surface area contributed by atoms with E-state index in [1.165, 1.54) is 0 Å². The van der Waals surface area contributed by atoms with Crippen molar-refractivity contribution in [3.63, 3.8) is 0 Å². The predicted octanol–water partition coefficient (Wildman–Crippen LogP) is 1.55. The summed E-state index contributed by atoms with van der Waals surface area (Å²) in [6.07, 6.45) is 4.74. The van der Waals surface area contributed by atoms with Crippen LogP contribution in [0.4, 0.5) is 0 Å². The molecule has 0 spiro atoms. The molecule has 2 aromatic heterocycles. The van der Waals surface area contributed by atoms with Gasteiger partial charge in [-0.1, -0.05) is 19.9 Å². The Kier molecular flexibility index (Phi) is 3.27. The van der Waals surface area contributed by atoms with E-state index in [-0.39, 0.29) is 29.6 Å². The summed E-state index contributed by atoms with van der Waals surface area (Å²) in [6.45, 7) is 7.38. The first-order valence-electron chi connectivity index (χ1n) is 8.74. The lowest BCUT2D eigenvalue weighted by Crippen LogP contribution is -2.59. The second-order valence-corrected chi connectivity index (χ2v) is 8.32. The molecule has 2 N–H and O–H groups in total. The van der Waals surface area contributed by atoms with Crippen LogP contribution in [0.5, 0.6) is 0 Å². The lowest BCUT2D eigenvalue weighted by atomic mass is 9.48. The first-order chi connectivity index (χ1) is 11.7. The summed E-state index contributed by atoms with van der Waals surface area (Å²) in [4.78, 5) is 31.2. The number of likely N-dealkylation sites (tertiary alicyclic amines) is 1. The van der Waals surface area contributed by atoms with E-state index >= 15 is 0 Å². The number of rotatable bonds is 3. The van der Waals surface area contributed by atoms with Crippen LogP contribution in [0.1, 0.15) is 31.5 Å². The Morgan fingerprint density at radius 3 is 2.80 bits per heavy atom. The van der Waals surface area contributed by atoms with Crippen molar-refractivity contribution in [2.45, 2.75) is 33.6 Å². The first kappa shape index (κ1) is 16.1. The molecule has 1 aliphatic heterocycles. The van der Waals surface area contributed by atoms with Gasteiger partial charge in [-0.3, -0.25) is 9.59 Å². The predicted molar refractivity (Wildman–Crippen MR) is 93.7 cm³/mol. The van der Waals surface area contributed by atoms with E-state index in [0.717, 1.165) is 23.3 Å². The number of nitrogens with two attached hydrogens (primary N) is 1. The monoisotopic (exact) mass is 340 g/mol. The Bertz CT molecular complexity index is 885. The van der Waals surface area contributed by atoms with Crippen LogP contribution in [0, 0.1) is 23.7 Å². The Morgan fingerprint density at radius 1 is 1.40 bits per heavy atom. The SMILES string of the molecule is Cc1cccn2c(CC(=O)N3C[C@@H]4C(C)(C)C[C@]4(C(N)=O)C3)cnc12. The number of aromatic nitrogens is 2. The third-order valence-electron chi connectivity index (χ3n) is 6.24. The van der Waals surface area contributed by atoms with E-state index in [2.05, 4.69) is 18.8 Å². The maximum absolute atomic E-state index is 12.9. The van der Waals surface area contributed by atoms with Crippen LogP contribution < -0.4 is 5.73 Å². The van der Waals surface area contributed by atoms with Gasteiger partial charge in [0.15, 0.2) is 0 Å². The van der Waals surface area contributed by atoms with Crippen molar-refractivity contribution in [2.24, 2.45) is 22.5 Å². The smallest absolute Gasteiger partial charge is 0.228 e. The van der Waals surface area contributed by atoms with Crippen LogP contribution in [0.25, 0.3) is 5.65 Å². The van der Waals surface area contributed by atoms with Gasteiger partial charge in [0.25, 0.3) is 0 Å². The summed E-state index contributed by atoms with van der Waals surface area (Å²) in [5.74, 6) is -0.0717. The molecule has 0 aromatic carbocycles. The van der Waals surface area contributed by atoms with Crippen LogP contribution in [-0.4, -0.2) is 39.2 Å². The molecule has 2 aromatic rings. The number of carbonyl (C=O) groups excluding carboxylic acids is 2. The Hall–Kier alpha value is -2.37. The molecule has 4 rings (SSSR count). The number of aryl methyl sites for hydroxylation is 1. The fourth-order valence-corrected chi connectivity index (χ4v) is 5.02. The van der Waals surface area contributed by atoms with E-state index in [0.29, 0.717) is 13.1 Å². The fourth-order valence-electron chi connectivity index (χ4n) is 5.02. The third-order valence-corrected chi connectivity index (χ3v) is 6.24. The Balaban J connectivity index is 1.56. The molecule has 25 heavy (non-hydrogen) atoms. The van der Waals surface area contributed by atoms with Crippen LogP contribution >= 0.6 is 0 Å². The quantitative estimate of drug-likeness (QED) is 0.920. The molecule has 0 bridgehead atoms. The van der Waals surface area contributed by atoms with Crippen LogP contribution in [0.2, 0.25) is 0 Å². The summed E-state index contributed by atoms with van der Waals surface area (Å²) >= 11 is 0. The minimum Gasteiger partial charge on any atom is -0.369 e. The third kappa shape index (κ3) is 2.19. The molecular formula is C19H24N4O2. The van der Waals surface area contributed by atoms with Crippen molar-refractivity contribution >= 4 is 17.5 Å². The van der Waals surface area contributed by atoms with E-state index < -0.39 is 5.41 Å². The van der Waals surface area contributed by atoms with Crippen molar-refractivity contribution in [1.82, 2.24) is 14.3 Å². The van der Waals surface area contributed by atoms with Crippen molar-refractivity contribution in [3.05, 3.63) is 35.8 Å². The van der Waals surface area contributed by atoms with E-state index in [4.69, 9.17) is 5.73 Å². The second kappa shape index (κ2) is 5.07. The number of imidazole rings is 1. The fraction of sp³-hybridized carbons (Fsp3) is 0.526. The van der Waals surface area contributed by atoms with E-state index in [1.807, 2.05) is 34.6 Å². The highest BCUT2D eigenvalue weighted by Crippen LogP contribution is 2.62. The van der Waals surface area contributed by atoms with E-state index in [9.17, 15) is 9.59 Å². The maximum atomic E-state index is 12.9. The molecule has 1 aliphatic carbocycles.